The topological polar surface area (TPSA) is 79.3 Å². The lowest BCUT2D eigenvalue weighted by Crippen LogP contribution is -2.30. The quantitative estimate of drug-likeness (QED) is 0.888. The SMILES string of the molecule is Cc1cccnc1C(NC(=O)c1ccc(C(=O)O)s1)C1CC1. The minimum absolute atomic E-state index is 0.107. The Balaban J connectivity index is 1.80. The van der Waals surface area contributed by atoms with Crippen molar-refractivity contribution in [1.29, 1.82) is 0 Å². The van der Waals surface area contributed by atoms with Crippen molar-refractivity contribution in [2.75, 3.05) is 0 Å². The Morgan fingerprint density at radius 3 is 2.64 bits per heavy atom. The largest absolute Gasteiger partial charge is 0.477 e. The van der Waals surface area contributed by atoms with E-state index >= 15 is 0 Å². The normalized spacial score (nSPS) is 15.3. The zero-order valence-corrected chi connectivity index (χ0v) is 12.9. The number of pyridine rings is 1. The van der Waals surface area contributed by atoms with E-state index in [1.807, 2.05) is 19.1 Å². The molecule has 1 amide bonds. The number of amides is 1. The molecule has 2 heterocycles. The summed E-state index contributed by atoms with van der Waals surface area (Å²) in [6, 6.07) is 6.77. The van der Waals surface area contributed by atoms with Crippen LogP contribution in [-0.4, -0.2) is 22.0 Å². The highest BCUT2D eigenvalue weighted by molar-refractivity contribution is 7.15. The summed E-state index contributed by atoms with van der Waals surface area (Å²) in [5.74, 6) is -0.834. The zero-order chi connectivity index (χ0) is 15.7. The Morgan fingerprint density at radius 2 is 2.05 bits per heavy atom. The number of nitrogens with zero attached hydrogens (tertiary/aromatic N) is 1. The second-order valence-corrected chi connectivity index (χ2v) is 6.55. The molecule has 3 rings (SSSR count). The first kappa shape index (κ1) is 14.7. The van der Waals surface area contributed by atoms with Crippen molar-refractivity contribution < 1.29 is 14.7 Å². The molecule has 5 nitrogen and oxygen atoms in total. The lowest BCUT2D eigenvalue weighted by Gasteiger charge is -2.19. The number of hydrogen-bond acceptors (Lipinski definition) is 4. The minimum Gasteiger partial charge on any atom is -0.477 e. The summed E-state index contributed by atoms with van der Waals surface area (Å²) in [5, 5.41) is 12.0. The highest BCUT2D eigenvalue weighted by atomic mass is 32.1. The van der Waals surface area contributed by atoms with Gasteiger partial charge in [0.05, 0.1) is 16.6 Å². The highest BCUT2D eigenvalue weighted by Gasteiger charge is 2.35. The van der Waals surface area contributed by atoms with Gasteiger partial charge in [0.2, 0.25) is 0 Å². The average Bonchev–Trinajstić information content (AvgIpc) is 3.20. The average molecular weight is 316 g/mol. The van der Waals surface area contributed by atoms with Gasteiger partial charge >= 0.3 is 5.97 Å². The van der Waals surface area contributed by atoms with E-state index in [1.165, 1.54) is 6.07 Å². The Kier molecular flexibility index (Phi) is 3.94. The third kappa shape index (κ3) is 3.01. The van der Waals surface area contributed by atoms with Crippen molar-refractivity contribution in [2.45, 2.75) is 25.8 Å². The van der Waals surface area contributed by atoms with Crippen LogP contribution in [0.3, 0.4) is 0 Å². The van der Waals surface area contributed by atoms with E-state index < -0.39 is 5.97 Å². The highest BCUT2D eigenvalue weighted by Crippen LogP contribution is 2.41. The molecular formula is C16H16N2O3S. The van der Waals surface area contributed by atoms with Crippen LogP contribution < -0.4 is 5.32 Å². The molecule has 0 aliphatic heterocycles. The number of carboxylic acid groups (broad SMARTS) is 1. The van der Waals surface area contributed by atoms with Gasteiger partial charge in [0.25, 0.3) is 5.91 Å². The van der Waals surface area contributed by atoms with Crippen molar-refractivity contribution in [2.24, 2.45) is 5.92 Å². The van der Waals surface area contributed by atoms with Crippen LogP contribution in [0.25, 0.3) is 0 Å². The van der Waals surface area contributed by atoms with Gasteiger partial charge in [0.1, 0.15) is 4.88 Å². The van der Waals surface area contributed by atoms with Gasteiger partial charge in [-0.25, -0.2) is 4.79 Å². The van der Waals surface area contributed by atoms with Gasteiger partial charge in [-0.1, -0.05) is 6.07 Å². The van der Waals surface area contributed by atoms with Crippen molar-refractivity contribution in [3.8, 4) is 0 Å². The fraction of sp³-hybridized carbons (Fsp3) is 0.312. The Bertz CT molecular complexity index is 722. The molecule has 0 radical (unpaired) electrons. The molecule has 2 N–H and O–H groups in total. The number of nitrogens with one attached hydrogen (secondary N) is 1. The van der Waals surface area contributed by atoms with Gasteiger partial charge in [0.15, 0.2) is 0 Å². The molecule has 114 valence electrons. The molecular weight excluding hydrogens is 300 g/mol. The number of aromatic carboxylic acids is 1. The van der Waals surface area contributed by atoms with Crippen LogP contribution in [0.2, 0.25) is 0 Å². The summed E-state index contributed by atoms with van der Waals surface area (Å²) in [6.07, 6.45) is 3.88. The molecule has 1 saturated carbocycles. The molecule has 6 heteroatoms. The molecule has 0 aromatic carbocycles. The van der Waals surface area contributed by atoms with Gasteiger partial charge in [0, 0.05) is 6.20 Å². The standard InChI is InChI=1S/C16H16N2O3S/c1-9-3-2-8-17-13(9)14(10-4-5-10)18-15(19)11-6-7-12(22-11)16(20)21/h2-3,6-8,10,14H,4-5H2,1H3,(H,18,19)(H,20,21). The summed E-state index contributed by atoms with van der Waals surface area (Å²) >= 11 is 0.991. The van der Waals surface area contributed by atoms with E-state index in [-0.39, 0.29) is 16.8 Å². The first-order valence-electron chi connectivity index (χ1n) is 7.12. The van der Waals surface area contributed by atoms with E-state index in [4.69, 9.17) is 5.11 Å². The van der Waals surface area contributed by atoms with E-state index in [2.05, 4.69) is 10.3 Å². The van der Waals surface area contributed by atoms with Crippen molar-refractivity contribution in [1.82, 2.24) is 10.3 Å². The molecule has 2 aromatic heterocycles. The van der Waals surface area contributed by atoms with Crippen LogP contribution in [0.15, 0.2) is 30.5 Å². The molecule has 0 bridgehead atoms. The van der Waals surface area contributed by atoms with Crippen LogP contribution >= 0.6 is 11.3 Å². The van der Waals surface area contributed by atoms with E-state index in [1.54, 1.807) is 12.3 Å². The summed E-state index contributed by atoms with van der Waals surface area (Å²) in [4.78, 5) is 28.3. The lowest BCUT2D eigenvalue weighted by atomic mass is 10.0. The second kappa shape index (κ2) is 5.88. The van der Waals surface area contributed by atoms with Crippen molar-refractivity contribution >= 4 is 23.2 Å². The predicted octanol–water partition coefficient (Wildman–Crippen LogP) is 3.03. The molecule has 2 aromatic rings. The Hall–Kier alpha value is -2.21. The monoisotopic (exact) mass is 316 g/mol. The van der Waals surface area contributed by atoms with Gasteiger partial charge in [-0.2, -0.15) is 0 Å². The third-order valence-corrected chi connectivity index (χ3v) is 4.84. The lowest BCUT2D eigenvalue weighted by molar-refractivity contribution is 0.0702. The van der Waals surface area contributed by atoms with E-state index in [0.717, 1.165) is 35.4 Å². The minimum atomic E-state index is -1.01. The maximum atomic E-state index is 12.4. The molecule has 1 atom stereocenters. The van der Waals surface area contributed by atoms with Crippen molar-refractivity contribution in [3.05, 3.63) is 51.5 Å². The third-order valence-electron chi connectivity index (χ3n) is 3.77. The van der Waals surface area contributed by atoms with Gasteiger partial charge in [-0.05, 0) is 49.4 Å². The second-order valence-electron chi connectivity index (χ2n) is 5.46. The molecule has 1 unspecified atom stereocenters. The fourth-order valence-electron chi connectivity index (χ4n) is 2.45. The van der Waals surface area contributed by atoms with Crippen LogP contribution in [0.4, 0.5) is 0 Å². The van der Waals surface area contributed by atoms with Gasteiger partial charge in [-0.15, -0.1) is 11.3 Å². The molecule has 1 fully saturated rings. The van der Waals surface area contributed by atoms with E-state index in [0.29, 0.717) is 10.8 Å². The predicted molar refractivity (Wildman–Crippen MR) is 83.2 cm³/mol. The molecule has 1 aliphatic rings. The van der Waals surface area contributed by atoms with Crippen LogP contribution in [0, 0.1) is 12.8 Å². The maximum absolute atomic E-state index is 12.4. The summed E-state index contributed by atoms with van der Waals surface area (Å²) in [7, 11) is 0. The molecule has 0 spiro atoms. The summed E-state index contributed by atoms with van der Waals surface area (Å²) in [6.45, 7) is 1.98. The number of aryl methyl sites for hydroxylation is 1. The Labute approximate surface area is 132 Å². The molecule has 1 aliphatic carbocycles. The van der Waals surface area contributed by atoms with Crippen LogP contribution in [0.1, 0.15) is 49.5 Å². The number of carboxylic acids is 1. The number of thiophene rings is 1. The first-order valence-corrected chi connectivity index (χ1v) is 7.93. The number of carbonyl (C=O) groups excluding carboxylic acids is 1. The zero-order valence-electron chi connectivity index (χ0n) is 12.1. The molecule has 0 saturated heterocycles. The van der Waals surface area contributed by atoms with Crippen molar-refractivity contribution in [3.63, 3.8) is 0 Å². The first-order chi connectivity index (χ1) is 10.6. The van der Waals surface area contributed by atoms with Crippen LogP contribution in [-0.2, 0) is 0 Å². The maximum Gasteiger partial charge on any atom is 0.345 e. The van der Waals surface area contributed by atoms with Gasteiger partial charge in [-0.3, -0.25) is 9.78 Å². The number of hydrogen-bond donors (Lipinski definition) is 2. The Morgan fingerprint density at radius 1 is 1.32 bits per heavy atom. The van der Waals surface area contributed by atoms with E-state index in [9.17, 15) is 9.59 Å². The summed E-state index contributed by atoms with van der Waals surface area (Å²) in [5.41, 5.74) is 1.95. The number of carbonyl (C=O) groups is 2. The fourth-order valence-corrected chi connectivity index (χ4v) is 3.20. The number of aromatic nitrogens is 1. The smallest absolute Gasteiger partial charge is 0.345 e. The molecule has 22 heavy (non-hydrogen) atoms. The number of rotatable bonds is 5. The van der Waals surface area contributed by atoms with Crippen LogP contribution in [0.5, 0.6) is 0 Å². The summed E-state index contributed by atoms with van der Waals surface area (Å²) < 4.78 is 0. The van der Waals surface area contributed by atoms with Gasteiger partial charge < -0.3 is 10.4 Å².